The normalized spacial score (nSPS) is 21.0. The van der Waals surface area contributed by atoms with Crippen LogP contribution in [0.3, 0.4) is 0 Å². The Balaban J connectivity index is 1.52. The van der Waals surface area contributed by atoms with Gasteiger partial charge in [-0.3, -0.25) is 9.69 Å². The highest BCUT2D eigenvalue weighted by Gasteiger charge is 2.31. The summed E-state index contributed by atoms with van der Waals surface area (Å²) < 4.78 is 44.0. The molecule has 1 aromatic carbocycles. The van der Waals surface area contributed by atoms with Crippen molar-refractivity contribution in [2.75, 3.05) is 59.0 Å². The lowest BCUT2D eigenvalue weighted by molar-refractivity contribution is -0.137. The van der Waals surface area contributed by atoms with Crippen LogP contribution in [0.1, 0.15) is 29.3 Å². The number of rotatable bonds is 4. The second-order valence-corrected chi connectivity index (χ2v) is 7.80. The molecule has 3 amide bonds. The van der Waals surface area contributed by atoms with Gasteiger partial charge in [0.05, 0.1) is 18.3 Å². The third kappa shape index (κ3) is 6.33. The minimum Gasteiger partial charge on any atom is -0.373 e. The van der Waals surface area contributed by atoms with E-state index in [1.165, 1.54) is 12.1 Å². The molecule has 1 N–H and O–H groups in total. The van der Waals surface area contributed by atoms with Gasteiger partial charge in [-0.1, -0.05) is 0 Å². The SMILES string of the molecule is CCNC(=O)N1CCO[C@H](CN2CCCN(C(=O)c3ccc(C(F)(F)F)cc3)CC2)C1. The number of hydrogen-bond acceptors (Lipinski definition) is 4. The molecule has 2 aliphatic heterocycles. The first-order chi connectivity index (χ1) is 14.8. The van der Waals surface area contributed by atoms with Crippen molar-refractivity contribution in [3.05, 3.63) is 35.4 Å². The van der Waals surface area contributed by atoms with Crippen LogP contribution in [0.25, 0.3) is 0 Å². The molecule has 2 saturated heterocycles. The number of carbonyl (C=O) groups excluding carboxylic acids is 2. The monoisotopic (exact) mass is 442 g/mol. The molecule has 10 heteroatoms. The van der Waals surface area contributed by atoms with Crippen molar-refractivity contribution < 1.29 is 27.5 Å². The summed E-state index contributed by atoms with van der Waals surface area (Å²) in [5.74, 6) is -0.257. The molecule has 3 rings (SSSR count). The van der Waals surface area contributed by atoms with Gasteiger partial charge in [0.2, 0.25) is 0 Å². The van der Waals surface area contributed by atoms with Crippen molar-refractivity contribution in [2.24, 2.45) is 0 Å². The Morgan fingerprint density at radius 2 is 1.81 bits per heavy atom. The molecule has 2 fully saturated rings. The van der Waals surface area contributed by atoms with E-state index < -0.39 is 11.7 Å². The number of morpholine rings is 1. The summed E-state index contributed by atoms with van der Waals surface area (Å²) >= 11 is 0. The van der Waals surface area contributed by atoms with Crippen molar-refractivity contribution in [1.29, 1.82) is 0 Å². The van der Waals surface area contributed by atoms with Crippen molar-refractivity contribution in [3.63, 3.8) is 0 Å². The summed E-state index contributed by atoms with van der Waals surface area (Å²) in [6, 6.07) is 4.27. The van der Waals surface area contributed by atoms with Crippen LogP contribution in [0.15, 0.2) is 24.3 Å². The lowest BCUT2D eigenvalue weighted by atomic mass is 10.1. The van der Waals surface area contributed by atoms with Gasteiger partial charge in [0.15, 0.2) is 0 Å². The van der Waals surface area contributed by atoms with Crippen LogP contribution in [-0.2, 0) is 10.9 Å². The average molecular weight is 442 g/mol. The highest BCUT2D eigenvalue weighted by Crippen LogP contribution is 2.29. The molecular formula is C21H29F3N4O3. The maximum Gasteiger partial charge on any atom is 0.416 e. The van der Waals surface area contributed by atoms with E-state index in [0.717, 1.165) is 25.1 Å². The van der Waals surface area contributed by atoms with Crippen LogP contribution >= 0.6 is 0 Å². The highest BCUT2D eigenvalue weighted by atomic mass is 19.4. The van der Waals surface area contributed by atoms with Gasteiger partial charge in [-0.25, -0.2) is 4.79 Å². The first kappa shape index (κ1) is 23.3. The summed E-state index contributed by atoms with van der Waals surface area (Å²) in [6.07, 6.45) is -3.74. The second-order valence-electron chi connectivity index (χ2n) is 7.80. The van der Waals surface area contributed by atoms with E-state index in [1.54, 1.807) is 9.80 Å². The average Bonchev–Trinajstić information content (AvgIpc) is 2.99. The molecule has 2 aliphatic rings. The Labute approximate surface area is 180 Å². The van der Waals surface area contributed by atoms with Gasteiger partial charge in [-0.15, -0.1) is 0 Å². The highest BCUT2D eigenvalue weighted by molar-refractivity contribution is 5.94. The quantitative estimate of drug-likeness (QED) is 0.777. The number of carbonyl (C=O) groups is 2. The first-order valence-electron chi connectivity index (χ1n) is 10.6. The second kappa shape index (κ2) is 10.3. The molecule has 31 heavy (non-hydrogen) atoms. The minimum absolute atomic E-state index is 0.0834. The van der Waals surface area contributed by atoms with Gasteiger partial charge in [-0.2, -0.15) is 13.2 Å². The largest absolute Gasteiger partial charge is 0.416 e. The van der Waals surface area contributed by atoms with Gasteiger partial charge in [-0.05, 0) is 44.2 Å². The molecule has 2 heterocycles. The van der Waals surface area contributed by atoms with Gasteiger partial charge in [0.25, 0.3) is 5.91 Å². The van der Waals surface area contributed by atoms with Crippen molar-refractivity contribution in [2.45, 2.75) is 25.6 Å². The topological polar surface area (TPSA) is 65.1 Å². The van der Waals surface area contributed by atoms with Gasteiger partial charge in [0.1, 0.15) is 0 Å². The number of urea groups is 1. The number of hydrogen-bond donors (Lipinski definition) is 1. The predicted molar refractivity (Wildman–Crippen MR) is 109 cm³/mol. The fourth-order valence-electron chi connectivity index (χ4n) is 3.91. The maximum absolute atomic E-state index is 12.7. The molecule has 0 radical (unpaired) electrons. The Morgan fingerprint density at radius 3 is 2.48 bits per heavy atom. The van der Waals surface area contributed by atoms with Crippen LogP contribution in [0.2, 0.25) is 0 Å². The van der Waals surface area contributed by atoms with Crippen molar-refractivity contribution in [1.82, 2.24) is 20.0 Å². The number of benzene rings is 1. The summed E-state index contributed by atoms with van der Waals surface area (Å²) in [5, 5.41) is 2.81. The Hall–Kier alpha value is -2.33. The molecule has 0 spiro atoms. The number of nitrogens with one attached hydrogen (secondary N) is 1. The zero-order chi connectivity index (χ0) is 22.4. The summed E-state index contributed by atoms with van der Waals surface area (Å²) in [5.41, 5.74) is -0.505. The lowest BCUT2D eigenvalue weighted by Gasteiger charge is -2.35. The molecular weight excluding hydrogens is 413 g/mol. The summed E-state index contributed by atoms with van der Waals surface area (Å²) in [4.78, 5) is 30.5. The van der Waals surface area contributed by atoms with E-state index in [1.807, 2.05) is 6.92 Å². The third-order valence-electron chi connectivity index (χ3n) is 5.55. The Morgan fingerprint density at radius 1 is 1.06 bits per heavy atom. The van der Waals surface area contributed by atoms with Crippen LogP contribution in [0.4, 0.5) is 18.0 Å². The molecule has 7 nitrogen and oxygen atoms in total. The van der Waals surface area contributed by atoms with Crippen LogP contribution < -0.4 is 5.32 Å². The molecule has 0 aromatic heterocycles. The fraction of sp³-hybridized carbons (Fsp3) is 0.619. The summed E-state index contributed by atoms with van der Waals surface area (Å²) in [7, 11) is 0. The van der Waals surface area contributed by atoms with Crippen LogP contribution in [-0.4, -0.2) is 91.7 Å². The molecule has 0 aliphatic carbocycles. The van der Waals surface area contributed by atoms with E-state index in [9.17, 15) is 22.8 Å². The minimum atomic E-state index is -4.42. The Kier molecular flexibility index (Phi) is 7.77. The van der Waals surface area contributed by atoms with E-state index in [-0.39, 0.29) is 23.6 Å². The zero-order valence-corrected chi connectivity index (χ0v) is 17.7. The van der Waals surface area contributed by atoms with Crippen LogP contribution in [0, 0.1) is 0 Å². The van der Waals surface area contributed by atoms with E-state index in [4.69, 9.17) is 4.74 Å². The molecule has 1 aromatic rings. The van der Waals surface area contributed by atoms with E-state index in [0.29, 0.717) is 52.4 Å². The summed E-state index contributed by atoms with van der Waals surface area (Å²) in [6.45, 7) is 7.19. The van der Waals surface area contributed by atoms with E-state index in [2.05, 4.69) is 10.2 Å². The number of nitrogens with zero attached hydrogens (tertiary/aromatic N) is 3. The van der Waals surface area contributed by atoms with Gasteiger partial charge < -0.3 is 19.9 Å². The molecule has 172 valence electrons. The smallest absolute Gasteiger partial charge is 0.373 e. The fourth-order valence-corrected chi connectivity index (χ4v) is 3.91. The number of ether oxygens (including phenoxy) is 1. The number of amides is 3. The van der Waals surface area contributed by atoms with Crippen molar-refractivity contribution in [3.8, 4) is 0 Å². The van der Waals surface area contributed by atoms with E-state index >= 15 is 0 Å². The van der Waals surface area contributed by atoms with Gasteiger partial charge in [0, 0.05) is 51.4 Å². The molecule has 0 unspecified atom stereocenters. The predicted octanol–water partition coefficient (Wildman–Crippen LogP) is 2.28. The number of alkyl halides is 3. The standard InChI is InChI=1S/C21H29F3N4O3/c1-2-25-20(30)28-12-13-31-18(15-28)14-26-8-3-9-27(11-10-26)19(29)16-4-6-17(7-5-16)21(22,23)24/h4-7,18H,2-3,8-15H2,1H3,(H,25,30)/t18-/m1/s1. The molecule has 0 saturated carbocycles. The number of halogens is 3. The lowest BCUT2D eigenvalue weighted by Crippen LogP contribution is -2.52. The Bertz CT molecular complexity index is 757. The molecule has 1 atom stereocenters. The third-order valence-corrected chi connectivity index (χ3v) is 5.55. The van der Waals surface area contributed by atoms with Crippen LogP contribution in [0.5, 0.6) is 0 Å². The molecule has 0 bridgehead atoms. The van der Waals surface area contributed by atoms with Crippen molar-refractivity contribution >= 4 is 11.9 Å². The first-order valence-corrected chi connectivity index (χ1v) is 10.6. The van der Waals surface area contributed by atoms with Gasteiger partial charge >= 0.3 is 12.2 Å². The maximum atomic E-state index is 12.7. The zero-order valence-electron chi connectivity index (χ0n) is 17.7.